The minimum atomic E-state index is -0.387. The van der Waals surface area contributed by atoms with Crippen LogP contribution < -0.4 is 0 Å². The van der Waals surface area contributed by atoms with Crippen LogP contribution in [0.3, 0.4) is 0 Å². The number of carbonyl (C=O) groups is 2. The van der Waals surface area contributed by atoms with Gasteiger partial charge in [-0.3, -0.25) is 4.79 Å². The summed E-state index contributed by atoms with van der Waals surface area (Å²) in [5, 5.41) is 0.699. The average molecular weight is 294 g/mol. The number of fused-ring (bicyclic) bond motifs is 1. The molecule has 3 aromatic rings. The summed E-state index contributed by atoms with van der Waals surface area (Å²) in [7, 11) is 0. The second-order valence-corrected chi connectivity index (χ2v) is 4.78. The third-order valence-corrected chi connectivity index (χ3v) is 3.29. The van der Waals surface area contributed by atoms with Gasteiger partial charge in [0.1, 0.15) is 5.58 Å². The van der Waals surface area contributed by atoms with Gasteiger partial charge in [0.15, 0.2) is 5.76 Å². The van der Waals surface area contributed by atoms with Gasteiger partial charge in [-0.05, 0) is 31.2 Å². The van der Waals surface area contributed by atoms with Crippen LogP contribution in [0.1, 0.15) is 33.4 Å². The van der Waals surface area contributed by atoms with E-state index in [4.69, 9.17) is 9.15 Å². The van der Waals surface area contributed by atoms with Crippen molar-refractivity contribution in [2.24, 2.45) is 0 Å². The van der Waals surface area contributed by atoms with E-state index in [1.165, 1.54) is 0 Å². The molecule has 0 amide bonds. The quantitative estimate of drug-likeness (QED) is 0.542. The van der Waals surface area contributed by atoms with Gasteiger partial charge in [0.2, 0.25) is 5.78 Å². The first-order valence-electron chi connectivity index (χ1n) is 6.99. The van der Waals surface area contributed by atoms with Crippen LogP contribution in [0.15, 0.2) is 59.0 Å². The number of furan rings is 1. The molecule has 22 heavy (non-hydrogen) atoms. The van der Waals surface area contributed by atoms with Crippen LogP contribution >= 0.6 is 0 Å². The second kappa shape index (κ2) is 5.85. The molecule has 0 saturated carbocycles. The van der Waals surface area contributed by atoms with Crippen molar-refractivity contribution < 1.29 is 18.7 Å². The Bertz CT molecular complexity index is 831. The first-order chi connectivity index (χ1) is 10.7. The number of benzene rings is 2. The summed E-state index contributed by atoms with van der Waals surface area (Å²) in [6.07, 6.45) is 0. The Kier molecular flexibility index (Phi) is 3.74. The summed E-state index contributed by atoms with van der Waals surface area (Å²) in [6.45, 7) is 2.07. The van der Waals surface area contributed by atoms with Gasteiger partial charge in [-0.15, -0.1) is 0 Å². The van der Waals surface area contributed by atoms with Gasteiger partial charge in [0.05, 0.1) is 12.2 Å². The van der Waals surface area contributed by atoms with E-state index >= 15 is 0 Å². The number of ether oxygens (including phenoxy) is 1. The highest BCUT2D eigenvalue weighted by Crippen LogP contribution is 2.23. The molecule has 0 unspecified atom stereocenters. The molecule has 0 aliphatic rings. The van der Waals surface area contributed by atoms with E-state index in [2.05, 4.69) is 0 Å². The van der Waals surface area contributed by atoms with Crippen LogP contribution in [0.2, 0.25) is 0 Å². The van der Waals surface area contributed by atoms with E-state index in [1.54, 1.807) is 55.5 Å². The third kappa shape index (κ3) is 2.63. The van der Waals surface area contributed by atoms with E-state index in [9.17, 15) is 9.59 Å². The summed E-state index contributed by atoms with van der Waals surface area (Å²) < 4.78 is 10.5. The fourth-order valence-electron chi connectivity index (χ4n) is 2.23. The van der Waals surface area contributed by atoms with Crippen LogP contribution in [-0.4, -0.2) is 18.4 Å². The Morgan fingerprint density at radius 2 is 1.77 bits per heavy atom. The normalized spacial score (nSPS) is 10.6. The number of rotatable bonds is 4. The number of hydrogen-bond acceptors (Lipinski definition) is 4. The van der Waals surface area contributed by atoms with Crippen molar-refractivity contribution in [3.05, 3.63) is 71.5 Å². The van der Waals surface area contributed by atoms with Crippen LogP contribution in [-0.2, 0) is 4.74 Å². The first-order valence-corrected chi connectivity index (χ1v) is 6.99. The molecule has 0 spiro atoms. The molecule has 4 nitrogen and oxygen atoms in total. The maximum Gasteiger partial charge on any atom is 0.338 e. The Morgan fingerprint density at radius 1 is 1.00 bits per heavy atom. The van der Waals surface area contributed by atoms with Crippen molar-refractivity contribution in [2.45, 2.75) is 6.92 Å². The zero-order valence-electron chi connectivity index (χ0n) is 12.0. The molecular formula is C18H14O4. The van der Waals surface area contributed by atoms with Gasteiger partial charge in [-0.25, -0.2) is 4.79 Å². The van der Waals surface area contributed by atoms with E-state index in [1.807, 2.05) is 6.07 Å². The Balaban J connectivity index is 1.96. The van der Waals surface area contributed by atoms with Gasteiger partial charge in [0.25, 0.3) is 0 Å². The lowest BCUT2D eigenvalue weighted by atomic mass is 10.1. The minimum Gasteiger partial charge on any atom is -0.462 e. The third-order valence-electron chi connectivity index (χ3n) is 3.29. The standard InChI is InChI=1S/C18H14O4/c1-2-21-18(20)13-8-9-15-14(10-13)11-16(22-15)17(19)12-6-4-3-5-7-12/h3-11H,2H2,1H3. The highest BCUT2D eigenvalue weighted by atomic mass is 16.5. The molecule has 0 aliphatic carbocycles. The van der Waals surface area contributed by atoms with E-state index in [-0.39, 0.29) is 17.5 Å². The van der Waals surface area contributed by atoms with Gasteiger partial charge in [-0.2, -0.15) is 0 Å². The summed E-state index contributed by atoms with van der Waals surface area (Å²) >= 11 is 0. The van der Waals surface area contributed by atoms with Crippen molar-refractivity contribution in [1.29, 1.82) is 0 Å². The van der Waals surface area contributed by atoms with Crippen molar-refractivity contribution in [1.82, 2.24) is 0 Å². The van der Waals surface area contributed by atoms with Crippen LogP contribution in [0, 0.1) is 0 Å². The SMILES string of the molecule is CCOC(=O)c1ccc2oc(C(=O)c3ccccc3)cc2c1. The molecule has 4 heteroatoms. The molecule has 1 heterocycles. The van der Waals surface area contributed by atoms with Crippen LogP contribution in [0.25, 0.3) is 11.0 Å². The topological polar surface area (TPSA) is 56.5 Å². The highest BCUT2D eigenvalue weighted by Gasteiger charge is 2.15. The molecule has 110 valence electrons. The predicted octanol–water partition coefficient (Wildman–Crippen LogP) is 3.84. The maximum absolute atomic E-state index is 12.4. The Morgan fingerprint density at radius 3 is 2.50 bits per heavy atom. The largest absolute Gasteiger partial charge is 0.462 e. The monoisotopic (exact) mass is 294 g/mol. The zero-order valence-corrected chi connectivity index (χ0v) is 12.0. The lowest BCUT2D eigenvalue weighted by Gasteiger charge is -2.00. The average Bonchev–Trinajstić information content (AvgIpc) is 2.98. The molecule has 0 saturated heterocycles. The van der Waals surface area contributed by atoms with Crippen LogP contribution in [0.5, 0.6) is 0 Å². The lowest BCUT2D eigenvalue weighted by Crippen LogP contribution is -2.03. The molecule has 0 bridgehead atoms. The molecule has 3 rings (SSSR count). The number of carbonyl (C=O) groups excluding carboxylic acids is 2. The molecule has 0 fully saturated rings. The van der Waals surface area contributed by atoms with Gasteiger partial charge in [-0.1, -0.05) is 30.3 Å². The molecule has 0 radical (unpaired) electrons. The van der Waals surface area contributed by atoms with E-state index in [0.717, 1.165) is 0 Å². The Labute approximate surface area is 127 Å². The summed E-state index contributed by atoms with van der Waals surface area (Å²) in [4.78, 5) is 24.1. The molecule has 1 aromatic heterocycles. The van der Waals surface area contributed by atoms with E-state index in [0.29, 0.717) is 28.7 Å². The summed E-state index contributed by atoms with van der Waals surface area (Å²) in [5.41, 5.74) is 1.56. The summed E-state index contributed by atoms with van der Waals surface area (Å²) in [6, 6.07) is 15.5. The fourth-order valence-corrected chi connectivity index (χ4v) is 2.23. The molecular weight excluding hydrogens is 280 g/mol. The molecule has 0 N–H and O–H groups in total. The zero-order chi connectivity index (χ0) is 15.5. The van der Waals surface area contributed by atoms with Gasteiger partial charge in [0, 0.05) is 10.9 Å². The van der Waals surface area contributed by atoms with Crippen molar-refractivity contribution in [3.8, 4) is 0 Å². The molecule has 0 atom stereocenters. The maximum atomic E-state index is 12.4. The van der Waals surface area contributed by atoms with Crippen molar-refractivity contribution in [3.63, 3.8) is 0 Å². The number of esters is 1. The molecule has 0 aliphatic heterocycles. The smallest absolute Gasteiger partial charge is 0.338 e. The van der Waals surface area contributed by atoms with Crippen molar-refractivity contribution in [2.75, 3.05) is 6.61 Å². The van der Waals surface area contributed by atoms with Crippen LogP contribution in [0.4, 0.5) is 0 Å². The fraction of sp³-hybridized carbons (Fsp3) is 0.111. The van der Waals surface area contributed by atoms with Gasteiger partial charge < -0.3 is 9.15 Å². The highest BCUT2D eigenvalue weighted by molar-refractivity contribution is 6.09. The minimum absolute atomic E-state index is 0.186. The Hall–Kier alpha value is -2.88. The lowest BCUT2D eigenvalue weighted by molar-refractivity contribution is 0.0526. The number of hydrogen-bond donors (Lipinski definition) is 0. The molecule has 2 aromatic carbocycles. The van der Waals surface area contributed by atoms with Gasteiger partial charge >= 0.3 is 5.97 Å². The summed E-state index contributed by atoms with van der Waals surface area (Å²) in [5.74, 6) is -0.321. The van der Waals surface area contributed by atoms with E-state index < -0.39 is 0 Å². The van der Waals surface area contributed by atoms with Crippen molar-refractivity contribution >= 4 is 22.7 Å². The first kappa shape index (κ1) is 14.1. The number of ketones is 1. The second-order valence-electron chi connectivity index (χ2n) is 4.78. The predicted molar refractivity (Wildman–Crippen MR) is 82.0 cm³/mol.